The second kappa shape index (κ2) is 5.19. The average Bonchev–Trinajstić information content (AvgIpc) is 2.51. The van der Waals surface area contributed by atoms with E-state index in [1.807, 2.05) is 4.90 Å². The highest BCUT2D eigenvalue weighted by Gasteiger charge is 2.37. The maximum absolute atomic E-state index is 12.3. The van der Waals surface area contributed by atoms with Crippen LogP contribution < -0.4 is 0 Å². The summed E-state index contributed by atoms with van der Waals surface area (Å²) in [6.07, 6.45) is 3.67. The molecule has 0 spiro atoms. The Labute approximate surface area is 110 Å². The molecule has 2 aliphatic rings. The number of carbonyl (C=O) groups is 1. The first kappa shape index (κ1) is 13.2. The summed E-state index contributed by atoms with van der Waals surface area (Å²) in [6, 6.07) is 1.26. The summed E-state index contributed by atoms with van der Waals surface area (Å²) < 4.78 is 0. The molecule has 2 bridgehead atoms. The number of nitrogens with zero attached hydrogens (tertiary/aromatic N) is 2. The summed E-state index contributed by atoms with van der Waals surface area (Å²) >= 11 is 4.45. The SMILES string of the molecule is CC(C)C(S)C(=O)N1CCC2CCC(C1)N2C. The Morgan fingerprint density at radius 1 is 1.24 bits per heavy atom. The van der Waals surface area contributed by atoms with Crippen molar-refractivity contribution in [2.75, 3.05) is 20.1 Å². The predicted octanol–water partition coefficient (Wildman–Crippen LogP) is 1.64. The van der Waals surface area contributed by atoms with Crippen molar-refractivity contribution in [1.82, 2.24) is 9.80 Å². The van der Waals surface area contributed by atoms with Gasteiger partial charge < -0.3 is 4.90 Å². The van der Waals surface area contributed by atoms with Gasteiger partial charge in [-0.2, -0.15) is 12.6 Å². The van der Waals surface area contributed by atoms with E-state index in [0.717, 1.165) is 19.5 Å². The Hall–Kier alpha value is -0.220. The molecule has 3 atom stereocenters. The number of thiol groups is 1. The zero-order valence-electron chi connectivity index (χ0n) is 11.1. The molecule has 2 saturated heterocycles. The van der Waals surface area contributed by atoms with Crippen molar-refractivity contribution in [3.63, 3.8) is 0 Å². The van der Waals surface area contributed by atoms with Crippen molar-refractivity contribution in [1.29, 1.82) is 0 Å². The van der Waals surface area contributed by atoms with Crippen LogP contribution in [0.1, 0.15) is 33.1 Å². The van der Waals surface area contributed by atoms with Crippen LogP contribution in [0, 0.1) is 5.92 Å². The van der Waals surface area contributed by atoms with Gasteiger partial charge in [-0.05, 0) is 32.2 Å². The van der Waals surface area contributed by atoms with Crippen molar-refractivity contribution >= 4 is 18.5 Å². The molecular formula is C13H24N2OS. The molecule has 4 heteroatoms. The van der Waals surface area contributed by atoms with Crippen molar-refractivity contribution in [2.45, 2.75) is 50.4 Å². The van der Waals surface area contributed by atoms with E-state index in [0.29, 0.717) is 18.0 Å². The van der Waals surface area contributed by atoms with Gasteiger partial charge >= 0.3 is 0 Å². The van der Waals surface area contributed by atoms with Gasteiger partial charge in [0.1, 0.15) is 0 Å². The number of hydrogen-bond donors (Lipinski definition) is 1. The molecule has 0 aromatic carbocycles. The van der Waals surface area contributed by atoms with Crippen LogP contribution in [-0.2, 0) is 4.79 Å². The standard InChI is InChI=1S/C13H24N2OS/c1-9(2)12(17)13(16)15-7-6-10-4-5-11(8-15)14(10)3/h9-12,17H,4-8H2,1-3H3. The fraction of sp³-hybridized carbons (Fsp3) is 0.923. The molecule has 0 radical (unpaired) electrons. The van der Waals surface area contributed by atoms with Crippen LogP contribution in [-0.4, -0.2) is 53.2 Å². The lowest BCUT2D eigenvalue weighted by molar-refractivity contribution is -0.131. The molecule has 3 nitrogen and oxygen atoms in total. The van der Waals surface area contributed by atoms with E-state index in [-0.39, 0.29) is 11.2 Å². The van der Waals surface area contributed by atoms with Crippen LogP contribution in [0.5, 0.6) is 0 Å². The van der Waals surface area contributed by atoms with E-state index in [9.17, 15) is 4.79 Å². The summed E-state index contributed by atoms with van der Waals surface area (Å²) in [5, 5.41) is -0.142. The van der Waals surface area contributed by atoms with Crippen molar-refractivity contribution in [2.24, 2.45) is 5.92 Å². The summed E-state index contributed by atoms with van der Waals surface area (Å²) in [4.78, 5) is 16.8. The second-order valence-electron chi connectivity index (χ2n) is 5.81. The Kier molecular flexibility index (Phi) is 4.03. The minimum absolute atomic E-state index is 0.142. The van der Waals surface area contributed by atoms with Gasteiger partial charge in [0.15, 0.2) is 0 Å². The molecule has 0 aromatic heterocycles. The highest BCUT2D eigenvalue weighted by molar-refractivity contribution is 7.81. The number of amides is 1. The highest BCUT2D eigenvalue weighted by atomic mass is 32.1. The molecule has 0 aromatic rings. The maximum atomic E-state index is 12.3. The number of hydrogen-bond acceptors (Lipinski definition) is 3. The molecule has 0 saturated carbocycles. The maximum Gasteiger partial charge on any atom is 0.235 e. The third-order valence-electron chi connectivity index (χ3n) is 4.34. The minimum Gasteiger partial charge on any atom is -0.340 e. The first-order valence-corrected chi connectivity index (χ1v) is 7.21. The van der Waals surface area contributed by atoms with Crippen LogP contribution in [0.4, 0.5) is 0 Å². The molecule has 2 aliphatic heterocycles. The Bertz CT molecular complexity index is 295. The molecule has 2 fully saturated rings. The van der Waals surface area contributed by atoms with Crippen LogP contribution in [0.25, 0.3) is 0 Å². The number of likely N-dealkylation sites (tertiary alicyclic amines) is 1. The van der Waals surface area contributed by atoms with E-state index in [1.165, 1.54) is 12.8 Å². The van der Waals surface area contributed by atoms with Crippen LogP contribution >= 0.6 is 12.6 Å². The third kappa shape index (κ3) is 2.63. The van der Waals surface area contributed by atoms with E-state index >= 15 is 0 Å². The fourth-order valence-electron chi connectivity index (χ4n) is 2.98. The quantitative estimate of drug-likeness (QED) is 0.759. The molecular weight excluding hydrogens is 232 g/mol. The Morgan fingerprint density at radius 3 is 2.53 bits per heavy atom. The predicted molar refractivity (Wildman–Crippen MR) is 73.4 cm³/mol. The lowest BCUT2D eigenvalue weighted by atomic mass is 10.1. The van der Waals surface area contributed by atoms with E-state index in [1.54, 1.807) is 0 Å². The molecule has 1 amide bonds. The Balaban J connectivity index is 2.01. The van der Waals surface area contributed by atoms with Crippen LogP contribution in [0.2, 0.25) is 0 Å². The lowest BCUT2D eigenvalue weighted by Gasteiger charge is -2.28. The van der Waals surface area contributed by atoms with E-state index < -0.39 is 0 Å². The Morgan fingerprint density at radius 2 is 1.88 bits per heavy atom. The second-order valence-corrected chi connectivity index (χ2v) is 6.37. The van der Waals surface area contributed by atoms with Gasteiger partial charge in [-0.15, -0.1) is 0 Å². The topological polar surface area (TPSA) is 23.6 Å². The smallest absolute Gasteiger partial charge is 0.235 e. The zero-order chi connectivity index (χ0) is 12.6. The van der Waals surface area contributed by atoms with Crippen LogP contribution in [0.15, 0.2) is 0 Å². The lowest BCUT2D eigenvalue weighted by Crippen LogP contribution is -2.44. The molecule has 3 unspecified atom stereocenters. The van der Waals surface area contributed by atoms with Gasteiger partial charge in [-0.1, -0.05) is 13.8 Å². The van der Waals surface area contributed by atoms with Crippen molar-refractivity contribution < 1.29 is 4.79 Å². The van der Waals surface area contributed by atoms with E-state index in [4.69, 9.17) is 0 Å². The molecule has 2 rings (SSSR count). The van der Waals surface area contributed by atoms with Gasteiger partial charge in [0.05, 0.1) is 5.25 Å². The van der Waals surface area contributed by atoms with Crippen molar-refractivity contribution in [3.05, 3.63) is 0 Å². The van der Waals surface area contributed by atoms with Gasteiger partial charge in [0.25, 0.3) is 0 Å². The summed E-state index contributed by atoms with van der Waals surface area (Å²) in [7, 11) is 2.21. The van der Waals surface area contributed by atoms with Crippen LogP contribution in [0.3, 0.4) is 0 Å². The number of rotatable bonds is 2. The largest absolute Gasteiger partial charge is 0.340 e. The fourth-order valence-corrected chi connectivity index (χ4v) is 3.14. The number of likely N-dealkylation sites (N-methyl/N-ethyl adjacent to an activating group) is 1. The molecule has 0 aliphatic carbocycles. The summed E-state index contributed by atoms with van der Waals surface area (Å²) in [5.74, 6) is 0.535. The summed E-state index contributed by atoms with van der Waals surface area (Å²) in [6.45, 7) is 5.93. The van der Waals surface area contributed by atoms with Gasteiger partial charge in [0.2, 0.25) is 5.91 Å². The molecule has 17 heavy (non-hydrogen) atoms. The monoisotopic (exact) mass is 256 g/mol. The molecule has 0 N–H and O–H groups in total. The van der Waals surface area contributed by atoms with Crippen molar-refractivity contribution in [3.8, 4) is 0 Å². The molecule has 2 heterocycles. The first-order valence-electron chi connectivity index (χ1n) is 6.69. The zero-order valence-corrected chi connectivity index (χ0v) is 12.0. The number of fused-ring (bicyclic) bond motifs is 2. The normalized spacial score (nSPS) is 31.7. The summed E-state index contributed by atoms with van der Waals surface area (Å²) in [5.41, 5.74) is 0. The number of carbonyl (C=O) groups excluding carboxylic acids is 1. The minimum atomic E-state index is -0.142. The van der Waals surface area contributed by atoms with Gasteiger partial charge in [0, 0.05) is 25.2 Å². The van der Waals surface area contributed by atoms with E-state index in [2.05, 4.69) is 38.4 Å². The average molecular weight is 256 g/mol. The van der Waals surface area contributed by atoms with Gasteiger partial charge in [-0.3, -0.25) is 9.69 Å². The molecule has 98 valence electrons. The third-order valence-corrected chi connectivity index (χ3v) is 5.16. The van der Waals surface area contributed by atoms with Gasteiger partial charge in [-0.25, -0.2) is 0 Å². The highest BCUT2D eigenvalue weighted by Crippen LogP contribution is 2.29. The first-order chi connectivity index (χ1) is 8.00.